The van der Waals surface area contributed by atoms with Gasteiger partial charge in [0.05, 0.1) is 5.41 Å². The van der Waals surface area contributed by atoms with Crippen molar-refractivity contribution in [3.63, 3.8) is 0 Å². The third-order valence-electron chi connectivity index (χ3n) is 6.52. The van der Waals surface area contributed by atoms with Crippen molar-refractivity contribution >= 4 is 17.8 Å². The Kier molecular flexibility index (Phi) is 5.45. The number of rotatable bonds is 3. The van der Waals surface area contributed by atoms with Crippen LogP contribution in [0.1, 0.15) is 28.8 Å². The molecule has 0 unspecified atom stereocenters. The van der Waals surface area contributed by atoms with Crippen molar-refractivity contribution in [3.05, 3.63) is 53.9 Å². The van der Waals surface area contributed by atoms with Gasteiger partial charge in [0.1, 0.15) is 0 Å². The van der Waals surface area contributed by atoms with Gasteiger partial charge in [0.25, 0.3) is 5.91 Å². The summed E-state index contributed by atoms with van der Waals surface area (Å²) in [6, 6.07) is 9.50. The molecule has 1 aromatic heterocycles. The van der Waals surface area contributed by atoms with Crippen LogP contribution in [0.25, 0.3) is 0 Å². The van der Waals surface area contributed by atoms with E-state index in [1.807, 2.05) is 50.2 Å². The SMILES string of the molecule is Cc1ccccc1C(=O)N1CCC[C@]2(C(=O)N(C)C)CN(c3ncccn3)C[C@@H]2C1. The van der Waals surface area contributed by atoms with E-state index in [2.05, 4.69) is 14.9 Å². The second-order valence-corrected chi connectivity index (χ2v) is 8.65. The van der Waals surface area contributed by atoms with Crippen LogP contribution in [0.15, 0.2) is 42.7 Å². The van der Waals surface area contributed by atoms with Gasteiger partial charge in [0, 0.05) is 64.1 Å². The minimum atomic E-state index is -0.524. The van der Waals surface area contributed by atoms with Crippen molar-refractivity contribution < 1.29 is 9.59 Å². The second-order valence-electron chi connectivity index (χ2n) is 8.65. The number of nitrogens with zero attached hydrogens (tertiary/aromatic N) is 5. The first kappa shape index (κ1) is 20.3. The molecule has 0 saturated carbocycles. The molecule has 7 heteroatoms. The Morgan fingerprint density at radius 2 is 1.83 bits per heavy atom. The molecule has 2 aliphatic rings. The Hall–Kier alpha value is -2.96. The van der Waals surface area contributed by atoms with Crippen molar-refractivity contribution in [2.75, 3.05) is 45.2 Å². The molecule has 0 radical (unpaired) electrons. The third-order valence-corrected chi connectivity index (χ3v) is 6.52. The number of hydrogen-bond acceptors (Lipinski definition) is 5. The highest BCUT2D eigenvalue weighted by molar-refractivity contribution is 5.95. The number of fused-ring (bicyclic) bond motifs is 1. The van der Waals surface area contributed by atoms with Crippen molar-refractivity contribution in [3.8, 4) is 0 Å². The van der Waals surface area contributed by atoms with Crippen LogP contribution < -0.4 is 4.90 Å². The van der Waals surface area contributed by atoms with Gasteiger partial charge in [-0.3, -0.25) is 9.59 Å². The fourth-order valence-electron chi connectivity index (χ4n) is 5.00. The Bertz CT molecular complexity index is 932. The van der Waals surface area contributed by atoms with Crippen molar-refractivity contribution in [1.29, 1.82) is 0 Å². The van der Waals surface area contributed by atoms with E-state index in [-0.39, 0.29) is 17.7 Å². The molecular formula is C23H29N5O2. The number of aromatic nitrogens is 2. The maximum absolute atomic E-state index is 13.4. The minimum absolute atomic E-state index is 0.0340. The van der Waals surface area contributed by atoms with E-state index < -0.39 is 5.41 Å². The summed E-state index contributed by atoms with van der Waals surface area (Å²) in [5, 5.41) is 0. The average molecular weight is 408 g/mol. The molecule has 3 heterocycles. The molecule has 0 aliphatic carbocycles. The Labute approximate surface area is 177 Å². The van der Waals surface area contributed by atoms with Gasteiger partial charge >= 0.3 is 0 Å². The number of amides is 2. The fourth-order valence-corrected chi connectivity index (χ4v) is 5.00. The quantitative estimate of drug-likeness (QED) is 0.780. The lowest BCUT2D eigenvalue weighted by molar-refractivity contribution is -0.141. The summed E-state index contributed by atoms with van der Waals surface area (Å²) < 4.78 is 0. The number of hydrogen-bond donors (Lipinski definition) is 0. The molecule has 0 spiro atoms. The van der Waals surface area contributed by atoms with Crippen molar-refractivity contribution in [2.45, 2.75) is 19.8 Å². The van der Waals surface area contributed by atoms with Gasteiger partial charge in [-0.2, -0.15) is 0 Å². The second kappa shape index (κ2) is 8.05. The number of aryl methyl sites for hydroxylation is 1. The highest BCUT2D eigenvalue weighted by Gasteiger charge is 2.54. The van der Waals surface area contributed by atoms with Gasteiger partial charge in [-0.25, -0.2) is 9.97 Å². The van der Waals surface area contributed by atoms with E-state index in [1.165, 1.54) is 0 Å². The Morgan fingerprint density at radius 1 is 1.10 bits per heavy atom. The number of likely N-dealkylation sites (tertiary alicyclic amines) is 1. The first-order chi connectivity index (χ1) is 14.4. The van der Waals surface area contributed by atoms with Crippen LogP contribution in [0.5, 0.6) is 0 Å². The third kappa shape index (κ3) is 3.53. The Morgan fingerprint density at radius 3 is 2.53 bits per heavy atom. The summed E-state index contributed by atoms with van der Waals surface area (Å²) in [4.78, 5) is 41.2. The zero-order valence-corrected chi connectivity index (χ0v) is 17.9. The zero-order chi connectivity index (χ0) is 21.3. The van der Waals surface area contributed by atoms with Crippen LogP contribution in [0.3, 0.4) is 0 Å². The predicted molar refractivity (Wildman–Crippen MR) is 115 cm³/mol. The first-order valence-corrected chi connectivity index (χ1v) is 10.5. The van der Waals surface area contributed by atoms with E-state index in [0.717, 1.165) is 24.0 Å². The normalized spacial score (nSPS) is 23.6. The number of carbonyl (C=O) groups is 2. The van der Waals surface area contributed by atoms with Crippen LogP contribution in [0, 0.1) is 18.3 Å². The zero-order valence-electron chi connectivity index (χ0n) is 17.9. The van der Waals surface area contributed by atoms with Crippen LogP contribution >= 0.6 is 0 Å². The van der Waals surface area contributed by atoms with E-state index in [0.29, 0.717) is 32.1 Å². The highest BCUT2D eigenvalue weighted by atomic mass is 16.2. The molecule has 7 nitrogen and oxygen atoms in total. The molecule has 2 fully saturated rings. The van der Waals surface area contributed by atoms with E-state index in [1.54, 1.807) is 23.4 Å². The number of anilines is 1. The van der Waals surface area contributed by atoms with E-state index >= 15 is 0 Å². The van der Waals surface area contributed by atoms with Gasteiger partial charge in [0.15, 0.2) is 0 Å². The van der Waals surface area contributed by atoms with Gasteiger partial charge in [-0.15, -0.1) is 0 Å². The van der Waals surface area contributed by atoms with E-state index in [9.17, 15) is 9.59 Å². The largest absolute Gasteiger partial charge is 0.348 e. The summed E-state index contributed by atoms with van der Waals surface area (Å²) in [6.45, 7) is 4.46. The fraction of sp³-hybridized carbons (Fsp3) is 0.478. The van der Waals surface area contributed by atoms with Crippen LogP contribution in [-0.4, -0.2) is 71.9 Å². The smallest absolute Gasteiger partial charge is 0.254 e. The lowest BCUT2D eigenvalue weighted by atomic mass is 9.74. The summed E-state index contributed by atoms with van der Waals surface area (Å²) in [5.74, 6) is 0.867. The van der Waals surface area contributed by atoms with Crippen LogP contribution in [0.4, 0.5) is 5.95 Å². The Balaban J connectivity index is 1.65. The molecule has 0 bridgehead atoms. The standard InChI is InChI=1S/C23H29N5O2/c1-17-8-4-5-9-19(17)20(29)27-13-6-10-23(21(30)26(2)3)16-28(15-18(23)14-27)22-24-11-7-12-25-22/h4-5,7-9,11-12,18H,6,10,13-16H2,1-3H3/t18-,23-/m0/s1. The average Bonchev–Trinajstić information content (AvgIpc) is 3.02. The van der Waals surface area contributed by atoms with E-state index in [4.69, 9.17) is 0 Å². The van der Waals surface area contributed by atoms with Gasteiger partial charge in [0.2, 0.25) is 11.9 Å². The molecule has 2 amide bonds. The molecule has 0 N–H and O–H groups in total. The lowest BCUT2D eigenvalue weighted by Gasteiger charge is -2.34. The summed E-state index contributed by atoms with van der Waals surface area (Å²) in [5.41, 5.74) is 1.20. The molecule has 30 heavy (non-hydrogen) atoms. The van der Waals surface area contributed by atoms with Gasteiger partial charge in [-0.1, -0.05) is 18.2 Å². The molecule has 2 aliphatic heterocycles. The lowest BCUT2D eigenvalue weighted by Crippen LogP contribution is -2.47. The number of carbonyl (C=O) groups excluding carboxylic acids is 2. The summed E-state index contributed by atoms with van der Waals surface area (Å²) in [7, 11) is 3.63. The maximum Gasteiger partial charge on any atom is 0.254 e. The molecule has 2 atom stereocenters. The molecule has 1 aromatic carbocycles. The van der Waals surface area contributed by atoms with Crippen molar-refractivity contribution in [2.24, 2.45) is 11.3 Å². The summed E-state index contributed by atoms with van der Waals surface area (Å²) >= 11 is 0. The van der Waals surface area contributed by atoms with Gasteiger partial charge in [-0.05, 0) is 37.5 Å². The summed E-state index contributed by atoms with van der Waals surface area (Å²) in [6.07, 6.45) is 5.02. The molecule has 2 saturated heterocycles. The monoisotopic (exact) mass is 407 g/mol. The first-order valence-electron chi connectivity index (χ1n) is 10.5. The maximum atomic E-state index is 13.4. The number of benzene rings is 1. The molecule has 158 valence electrons. The topological polar surface area (TPSA) is 69.6 Å². The van der Waals surface area contributed by atoms with Crippen molar-refractivity contribution in [1.82, 2.24) is 19.8 Å². The minimum Gasteiger partial charge on any atom is -0.348 e. The van der Waals surface area contributed by atoms with Crippen LogP contribution in [-0.2, 0) is 4.79 Å². The molecular weight excluding hydrogens is 378 g/mol. The molecule has 2 aromatic rings. The molecule has 4 rings (SSSR count). The van der Waals surface area contributed by atoms with Gasteiger partial charge < -0.3 is 14.7 Å². The highest BCUT2D eigenvalue weighted by Crippen LogP contribution is 2.44. The van der Waals surface area contributed by atoms with Crippen LogP contribution in [0.2, 0.25) is 0 Å². The predicted octanol–water partition coefficient (Wildman–Crippen LogP) is 2.23.